The van der Waals surface area contributed by atoms with Crippen LogP contribution >= 0.6 is 23.4 Å². The van der Waals surface area contributed by atoms with Gasteiger partial charge in [-0.15, -0.1) is 23.4 Å². The number of benzene rings is 2. The van der Waals surface area contributed by atoms with Gasteiger partial charge in [0.1, 0.15) is 5.75 Å². The first-order chi connectivity index (χ1) is 11.2. The number of rotatable bonds is 4. The van der Waals surface area contributed by atoms with Crippen molar-refractivity contribution in [3.05, 3.63) is 54.1 Å². The van der Waals surface area contributed by atoms with Crippen LogP contribution < -0.4 is 9.64 Å². The number of nitrogens with zero attached hydrogens (tertiary/aromatic N) is 1. The van der Waals surface area contributed by atoms with Crippen LogP contribution in [0.2, 0.25) is 0 Å². The molecule has 0 aromatic heterocycles. The highest BCUT2D eigenvalue weighted by molar-refractivity contribution is 7.99. The Labute approximate surface area is 145 Å². The maximum absolute atomic E-state index is 13.1. The highest BCUT2D eigenvalue weighted by Crippen LogP contribution is 2.39. The second-order valence-corrected chi connectivity index (χ2v) is 6.72. The zero-order valence-corrected chi connectivity index (χ0v) is 14.4. The maximum atomic E-state index is 13.1. The molecule has 120 valence electrons. The molecule has 1 aliphatic heterocycles. The average Bonchev–Trinajstić information content (AvgIpc) is 2.73. The third-order valence-corrected chi connectivity index (χ3v) is 5.28. The van der Waals surface area contributed by atoms with E-state index >= 15 is 0 Å². The molecule has 0 saturated heterocycles. The smallest absolute Gasteiger partial charge is 0.235 e. The molecule has 0 spiro atoms. The maximum Gasteiger partial charge on any atom is 0.235 e. The van der Waals surface area contributed by atoms with Crippen LogP contribution in [0, 0.1) is 0 Å². The predicted octanol–water partition coefficient (Wildman–Crippen LogP) is 4.16. The van der Waals surface area contributed by atoms with Crippen molar-refractivity contribution in [2.24, 2.45) is 0 Å². The molecule has 0 radical (unpaired) electrons. The Hall–Kier alpha value is -1.65. The van der Waals surface area contributed by atoms with Gasteiger partial charge in [0.15, 0.2) is 0 Å². The Morgan fingerprint density at radius 2 is 1.96 bits per heavy atom. The summed E-state index contributed by atoms with van der Waals surface area (Å²) < 4.78 is 5.20. The van der Waals surface area contributed by atoms with Crippen LogP contribution in [0.15, 0.2) is 53.4 Å². The minimum absolute atomic E-state index is 0.105. The van der Waals surface area contributed by atoms with E-state index in [0.29, 0.717) is 12.4 Å². The molecular weight excluding hydrogens is 330 g/mol. The molecule has 0 saturated carbocycles. The van der Waals surface area contributed by atoms with Crippen LogP contribution in [-0.4, -0.2) is 31.2 Å². The molecule has 3 nitrogen and oxygen atoms in total. The van der Waals surface area contributed by atoms with Gasteiger partial charge in [0, 0.05) is 23.1 Å². The van der Waals surface area contributed by atoms with Crippen molar-refractivity contribution in [1.29, 1.82) is 0 Å². The SMILES string of the molecule is COc1ccc(C2CSc3ccccc3N(CCCl)C2=O)cc1. The molecule has 23 heavy (non-hydrogen) atoms. The number of carbonyl (C=O) groups excluding carboxylic acids is 1. The van der Waals surface area contributed by atoms with Crippen LogP contribution in [0.1, 0.15) is 11.5 Å². The van der Waals surface area contributed by atoms with Crippen LogP contribution in [0.3, 0.4) is 0 Å². The van der Waals surface area contributed by atoms with Gasteiger partial charge < -0.3 is 9.64 Å². The van der Waals surface area contributed by atoms with E-state index in [-0.39, 0.29) is 11.8 Å². The van der Waals surface area contributed by atoms with Crippen molar-refractivity contribution < 1.29 is 9.53 Å². The van der Waals surface area contributed by atoms with E-state index in [0.717, 1.165) is 27.6 Å². The minimum atomic E-state index is -0.179. The second kappa shape index (κ2) is 7.28. The summed E-state index contributed by atoms with van der Waals surface area (Å²) in [7, 11) is 1.64. The Balaban J connectivity index is 1.96. The van der Waals surface area contributed by atoms with E-state index in [9.17, 15) is 4.79 Å². The average molecular weight is 348 g/mol. The quantitative estimate of drug-likeness (QED) is 0.778. The highest BCUT2D eigenvalue weighted by Gasteiger charge is 2.31. The van der Waals surface area contributed by atoms with Gasteiger partial charge in [0.2, 0.25) is 5.91 Å². The van der Waals surface area contributed by atoms with Gasteiger partial charge in [-0.05, 0) is 29.8 Å². The van der Waals surface area contributed by atoms with Crippen LogP contribution in [0.4, 0.5) is 5.69 Å². The zero-order valence-electron chi connectivity index (χ0n) is 12.9. The summed E-state index contributed by atoms with van der Waals surface area (Å²) in [6, 6.07) is 15.8. The Bertz CT molecular complexity index is 690. The molecule has 2 aromatic rings. The summed E-state index contributed by atoms with van der Waals surface area (Å²) >= 11 is 7.65. The minimum Gasteiger partial charge on any atom is -0.497 e. The van der Waals surface area contributed by atoms with Crippen molar-refractivity contribution in [3.63, 3.8) is 0 Å². The highest BCUT2D eigenvalue weighted by atomic mass is 35.5. The summed E-state index contributed by atoms with van der Waals surface area (Å²) in [4.78, 5) is 16.0. The van der Waals surface area contributed by atoms with E-state index in [1.165, 1.54) is 0 Å². The van der Waals surface area contributed by atoms with E-state index in [1.54, 1.807) is 18.9 Å². The van der Waals surface area contributed by atoms with Gasteiger partial charge in [-0.2, -0.15) is 0 Å². The fraction of sp³-hybridized carbons (Fsp3) is 0.278. The molecule has 0 bridgehead atoms. The fourth-order valence-electron chi connectivity index (χ4n) is 2.74. The second-order valence-electron chi connectivity index (χ2n) is 5.28. The number of hydrogen-bond acceptors (Lipinski definition) is 3. The van der Waals surface area contributed by atoms with Crippen molar-refractivity contribution in [1.82, 2.24) is 0 Å². The number of alkyl halides is 1. The lowest BCUT2D eigenvalue weighted by atomic mass is 9.99. The Morgan fingerprint density at radius 1 is 1.22 bits per heavy atom. The number of anilines is 1. The number of amides is 1. The van der Waals surface area contributed by atoms with Gasteiger partial charge in [-0.1, -0.05) is 24.3 Å². The number of para-hydroxylation sites is 1. The third-order valence-electron chi connectivity index (χ3n) is 3.95. The number of ether oxygens (including phenoxy) is 1. The lowest BCUT2D eigenvalue weighted by molar-refractivity contribution is -0.119. The zero-order chi connectivity index (χ0) is 16.2. The van der Waals surface area contributed by atoms with Gasteiger partial charge in [-0.3, -0.25) is 4.79 Å². The summed E-state index contributed by atoms with van der Waals surface area (Å²) in [5, 5.41) is 0. The normalized spacial score (nSPS) is 17.6. The third kappa shape index (κ3) is 3.33. The van der Waals surface area contributed by atoms with E-state index < -0.39 is 0 Å². The standard InChI is InChI=1S/C18H18ClNO2S/c1-22-14-8-6-13(7-9-14)15-12-23-17-5-3-2-4-16(17)20(11-10-19)18(15)21/h2-9,15H,10-12H2,1H3. The summed E-state index contributed by atoms with van der Waals surface area (Å²) in [6.45, 7) is 0.518. The van der Waals surface area contributed by atoms with Crippen LogP contribution in [-0.2, 0) is 4.79 Å². The number of carbonyl (C=O) groups is 1. The van der Waals surface area contributed by atoms with Gasteiger partial charge >= 0.3 is 0 Å². The molecule has 1 amide bonds. The first-order valence-corrected chi connectivity index (χ1v) is 8.99. The first kappa shape index (κ1) is 16.2. The topological polar surface area (TPSA) is 29.5 Å². The molecule has 2 aromatic carbocycles. The number of fused-ring (bicyclic) bond motifs is 1. The largest absolute Gasteiger partial charge is 0.497 e. The van der Waals surface area contributed by atoms with E-state index in [1.807, 2.05) is 47.4 Å². The fourth-order valence-corrected chi connectivity index (χ4v) is 4.09. The van der Waals surface area contributed by atoms with Crippen molar-refractivity contribution >= 4 is 35.0 Å². The van der Waals surface area contributed by atoms with Crippen molar-refractivity contribution in [2.75, 3.05) is 30.2 Å². The molecule has 5 heteroatoms. The Kier molecular flexibility index (Phi) is 5.13. The molecule has 1 aliphatic rings. The Morgan fingerprint density at radius 3 is 2.65 bits per heavy atom. The number of hydrogen-bond donors (Lipinski definition) is 0. The monoisotopic (exact) mass is 347 g/mol. The van der Waals surface area contributed by atoms with Gasteiger partial charge in [0.05, 0.1) is 18.7 Å². The summed E-state index contributed by atoms with van der Waals surface area (Å²) in [5.41, 5.74) is 1.97. The molecule has 1 heterocycles. The van der Waals surface area contributed by atoms with Crippen LogP contribution in [0.5, 0.6) is 5.75 Å². The van der Waals surface area contributed by atoms with E-state index in [4.69, 9.17) is 16.3 Å². The molecule has 1 atom stereocenters. The lowest BCUT2D eigenvalue weighted by Gasteiger charge is -2.25. The molecular formula is C18H18ClNO2S. The molecule has 3 rings (SSSR count). The molecule has 0 aliphatic carbocycles. The van der Waals surface area contributed by atoms with E-state index in [2.05, 4.69) is 6.07 Å². The number of methoxy groups -OCH3 is 1. The summed E-state index contributed by atoms with van der Waals surface area (Å²) in [5.74, 6) is 1.86. The summed E-state index contributed by atoms with van der Waals surface area (Å²) in [6.07, 6.45) is 0. The van der Waals surface area contributed by atoms with Gasteiger partial charge in [-0.25, -0.2) is 0 Å². The molecule has 1 unspecified atom stereocenters. The molecule has 0 N–H and O–H groups in total. The number of halogens is 1. The van der Waals surface area contributed by atoms with Crippen molar-refractivity contribution in [2.45, 2.75) is 10.8 Å². The van der Waals surface area contributed by atoms with Crippen LogP contribution in [0.25, 0.3) is 0 Å². The van der Waals surface area contributed by atoms with Gasteiger partial charge in [0.25, 0.3) is 0 Å². The first-order valence-electron chi connectivity index (χ1n) is 7.47. The predicted molar refractivity (Wildman–Crippen MR) is 96.0 cm³/mol. The molecule has 0 fully saturated rings. The van der Waals surface area contributed by atoms with Crippen molar-refractivity contribution in [3.8, 4) is 5.75 Å². The number of thioether (sulfide) groups is 1. The lowest BCUT2D eigenvalue weighted by Crippen LogP contribution is -2.36.